The monoisotopic (exact) mass is 434 g/mol. The number of nitrogens with one attached hydrogen (secondary N) is 1. The van der Waals surface area contributed by atoms with Gasteiger partial charge in [-0.25, -0.2) is 14.3 Å². The maximum atomic E-state index is 12.6. The van der Waals surface area contributed by atoms with Crippen LogP contribution in [0.3, 0.4) is 0 Å². The highest BCUT2D eigenvalue weighted by atomic mass is 35.5. The van der Waals surface area contributed by atoms with E-state index in [1.165, 1.54) is 12.4 Å². The van der Waals surface area contributed by atoms with Gasteiger partial charge in [-0.1, -0.05) is 35.9 Å². The Kier molecular flexibility index (Phi) is 5.90. The molecule has 4 rings (SSSR count). The van der Waals surface area contributed by atoms with E-state index in [-0.39, 0.29) is 12.2 Å². The van der Waals surface area contributed by atoms with Crippen molar-refractivity contribution in [3.8, 4) is 5.69 Å². The van der Waals surface area contributed by atoms with Gasteiger partial charge in [0, 0.05) is 23.3 Å². The number of carbonyl (C=O) groups is 1. The van der Waals surface area contributed by atoms with E-state index in [0.29, 0.717) is 22.9 Å². The van der Waals surface area contributed by atoms with E-state index in [2.05, 4.69) is 20.5 Å². The van der Waals surface area contributed by atoms with Crippen molar-refractivity contribution in [1.82, 2.24) is 29.9 Å². The van der Waals surface area contributed by atoms with Crippen molar-refractivity contribution in [3.05, 3.63) is 105 Å². The molecule has 4 aromatic rings. The van der Waals surface area contributed by atoms with Crippen molar-refractivity contribution in [1.29, 1.82) is 0 Å². The number of rotatable bonds is 6. The zero-order valence-electron chi connectivity index (χ0n) is 16.7. The first kappa shape index (κ1) is 20.5. The molecule has 2 heterocycles. The average Bonchev–Trinajstić information content (AvgIpc) is 3.27. The molecule has 1 amide bonds. The van der Waals surface area contributed by atoms with Crippen LogP contribution in [0.2, 0.25) is 5.02 Å². The van der Waals surface area contributed by atoms with Gasteiger partial charge in [0.15, 0.2) is 5.69 Å². The van der Waals surface area contributed by atoms with Crippen LogP contribution in [0.1, 0.15) is 27.3 Å². The molecular weight excluding hydrogens is 416 g/mol. The summed E-state index contributed by atoms with van der Waals surface area (Å²) in [5.74, 6) is -0.528. The number of nitrogens with zero attached hydrogens (tertiary/aromatic N) is 5. The second kappa shape index (κ2) is 8.93. The summed E-state index contributed by atoms with van der Waals surface area (Å²) in [5.41, 5.74) is 2.70. The molecule has 0 radical (unpaired) electrons. The number of carbonyl (C=O) groups excluding carboxylic acids is 1. The van der Waals surface area contributed by atoms with Crippen LogP contribution >= 0.6 is 11.6 Å². The molecule has 0 bridgehead atoms. The van der Waals surface area contributed by atoms with E-state index in [0.717, 1.165) is 11.1 Å². The van der Waals surface area contributed by atoms with E-state index in [1.807, 2.05) is 24.3 Å². The summed E-state index contributed by atoms with van der Waals surface area (Å²) in [6, 6.07) is 16.1. The minimum atomic E-state index is -0.528. The summed E-state index contributed by atoms with van der Waals surface area (Å²) in [4.78, 5) is 28.9. The molecule has 0 aliphatic carbocycles. The Balaban J connectivity index is 1.46. The van der Waals surface area contributed by atoms with Gasteiger partial charge in [0.25, 0.3) is 5.91 Å². The molecule has 0 fully saturated rings. The van der Waals surface area contributed by atoms with Gasteiger partial charge in [0.05, 0.1) is 12.2 Å². The van der Waals surface area contributed by atoms with Crippen LogP contribution < -0.4 is 10.7 Å². The number of hydrogen-bond donors (Lipinski definition) is 1. The van der Waals surface area contributed by atoms with Gasteiger partial charge in [-0.2, -0.15) is 10.2 Å². The fourth-order valence-electron chi connectivity index (χ4n) is 3.08. The van der Waals surface area contributed by atoms with Crippen molar-refractivity contribution in [2.24, 2.45) is 0 Å². The van der Waals surface area contributed by atoms with Gasteiger partial charge in [-0.15, -0.1) is 0 Å². The molecule has 0 saturated heterocycles. The lowest BCUT2D eigenvalue weighted by Crippen LogP contribution is -2.31. The third kappa shape index (κ3) is 4.87. The summed E-state index contributed by atoms with van der Waals surface area (Å²) in [6.45, 7) is 2.65. The predicted molar refractivity (Wildman–Crippen MR) is 116 cm³/mol. The van der Waals surface area contributed by atoms with Crippen LogP contribution in [0.25, 0.3) is 5.69 Å². The molecule has 156 valence electrons. The van der Waals surface area contributed by atoms with E-state index in [9.17, 15) is 9.59 Å². The molecular formula is C22H19ClN6O2. The molecule has 9 heteroatoms. The van der Waals surface area contributed by atoms with Crippen molar-refractivity contribution >= 4 is 17.5 Å². The minimum absolute atomic E-state index is 0.164. The third-order valence-corrected chi connectivity index (χ3v) is 4.93. The van der Waals surface area contributed by atoms with Gasteiger partial charge in [-0.3, -0.25) is 9.59 Å². The highest BCUT2D eigenvalue weighted by Crippen LogP contribution is 2.14. The standard InChI is InChI=1S/C22H19ClN6O2/c1-15-10-20(30)21(27-29(15)19-8-6-18(23)7-9-19)22(31)25-11-16-2-4-17(5-3-16)12-28-14-24-13-26-28/h2-10,13-14H,11-12H2,1H3,(H,25,31). The Hall–Kier alpha value is -3.78. The van der Waals surface area contributed by atoms with Gasteiger partial charge in [-0.05, 0) is 42.3 Å². The molecule has 0 atom stereocenters. The number of halogens is 1. The van der Waals surface area contributed by atoms with Crippen molar-refractivity contribution in [3.63, 3.8) is 0 Å². The molecule has 31 heavy (non-hydrogen) atoms. The zero-order valence-corrected chi connectivity index (χ0v) is 17.5. The Morgan fingerprint density at radius 1 is 1.06 bits per heavy atom. The summed E-state index contributed by atoms with van der Waals surface area (Å²) in [5, 5.41) is 11.7. The Morgan fingerprint density at radius 3 is 2.45 bits per heavy atom. The van der Waals surface area contributed by atoms with Crippen molar-refractivity contribution in [2.75, 3.05) is 0 Å². The third-order valence-electron chi connectivity index (χ3n) is 4.68. The summed E-state index contributed by atoms with van der Waals surface area (Å²) in [6.07, 6.45) is 3.14. The Labute approximate surface area is 183 Å². The molecule has 0 spiro atoms. The normalized spacial score (nSPS) is 10.8. The maximum Gasteiger partial charge on any atom is 0.276 e. The topological polar surface area (TPSA) is 94.7 Å². The van der Waals surface area contributed by atoms with E-state index >= 15 is 0 Å². The SMILES string of the molecule is Cc1cc(=O)c(C(=O)NCc2ccc(Cn3cncn3)cc2)nn1-c1ccc(Cl)cc1. The first-order valence-corrected chi connectivity index (χ1v) is 9.93. The van der Waals surface area contributed by atoms with Crippen LogP contribution in [-0.2, 0) is 13.1 Å². The molecule has 2 aromatic carbocycles. The van der Waals surface area contributed by atoms with E-state index in [1.54, 1.807) is 46.9 Å². The second-order valence-corrected chi connectivity index (χ2v) is 7.42. The van der Waals surface area contributed by atoms with Gasteiger partial charge in [0.1, 0.15) is 12.7 Å². The van der Waals surface area contributed by atoms with Gasteiger partial charge >= 0.3 is 0 Å². The number of aryl methyl sites for hydroxylation is 1. The first-order chi connectivity index (χ1) is 15.0. The molecule has 0 unspecified atom stereocenters. The number of aromatic nitrogens is 5. The lowest BCUT2D eigenvalue weighted by atomic mass is 10.1. The van der Waals surface area contributed by atoms with Crippen LogP contribution in [-0.4, -0.2) is 30.5 Å². The quantitative estimate of drug-likeness (QED) is 0.503. The summed E-state index contributed by atoms with van der Waals surface area (Å²) in [7, 11) is 0. The molecule has 1 N–H and O–H groups in total. The summed E-state index contributed by atoms with van der Waals surface area (Å²) < 4.78 is 3.27. The number of hydrogen-bond acceptors (Lipinski definition) is 5. The highest BCUT2D eigenvalue weighted by Gasteiger charge is 2.15. The van der Waals surface area contributed by atoms with Crippen LogP contribution in [0.5, 0.6) is 0 Å². The van der Waals surface area contributed by atoms with Crippen LogP contribution in [0.15, 0.2) is 72.0 Å². The van der Waals surface area contributed by atoms with Crippen LogP contribution in [0.4, 0.5) is 0 Å². The second-order valence-electron chi connectivity index (χ2n) is 6.98. The van der Waals surface area contributed by atoms with Crippen LogP contribution in [0, 0.1) is 6.92 Å². The zero-order chi connectivity index (χ0) is 21.8. The molecule has 0 aliphatic heterocycles. The lowest BCUT2D eigenvalue weighted by Gasteiger charge is -2.11. The molecule has 2 aromatic heterocycles. The molecule has 0 saturated carbocycles. The van der Waals surface area contributed by atoms with Crippen molar-refractivity contribution < 1.29 is 4.79 Å². The summed E-state index contributed by atoms with van der Waals surface area (Å²) >= 11 is 5.94. The molecule has 0 aliphatic rings. The number of amides is 1. The fourth-order valence-corrected chi connectivity index (χ4v) is 3.20. The van der Waals surface area contributed by atoms with E-state index < -0.39 is 11.3 Å². The predicted octanol–water partition coefficient (Wildman–Crippen LogP) is 2.76. The number of benzene rings is 2. The largest absolute Gasteiger partial charge is 0.346 e. The maximum absolute atomic E-state index is 12.6. The fraction of sp³-hybridized carbons (Fsp3) is 0.136. The Bertz CT molecular complexity index is 1250. The lowest BCUT2D eigenvalue weighted by molar-refractivity contribution is 0.0943. The molecule has 8 nitrogen and oxygen atoms in total. The first-order valence-electron chi connectivity index (χ1n) is 9.55. The van der Waals surface area contributed by atoms with Gasteiger partial charge in [0.2, 0.25) is 5.43 Å². The minimum Gasteiger partial charge on any atom is -0.346 e. The Morgan fingerprint density at radius 2 is 1.77 bits per heavy atom. The van der Waals surface area contributed by atoms with Crippen molar-refractivity contribution in [2.45, 2.75) is 20.0 Å². The van der Waals surface area contributed by atoms with E-state index in [4.69, 9.17) is 11.6 Å². The average molecular weight is 435 g/mol. The smallest absolute Gasteiger partial charge is 0.276 e. The van der Waals surface area contributed by atoms with Gasteiger partial charge < -0.3 is 5.32 Å². The highest BCUT2D eigenvalue weighted by molar-refractivity contribution is 6.30.